The van der Waals surface area contributed by atoms with Gasteiger partial charge in [-0.1, -0.05) is 24.3 Å². The third-order valence-corrected chi connectivity index (χ3v) is 4.70. The maximum Gasteiger partial charge on any atom is 0.338 e. The number of nitrogens with one attached hydrogen (secondary N) is 1. The number of ether oxygens (including phenoxy) is 1. The molecule has 0 saturated heterocycles. The van der Waals surface area contributed by atoms with Crippen LogP contribution in [0.4, 0.5) is 10.5 Å². The van der Waals surface area contributed by atoms with Gasteiger partial charge in [-0.25, -0.2) is 9.59 Å². The molecular formula is C20H18N2O4. The van der Waals surface area contributed by atoms with Crippen molar-refractivity contribution in [3.05, 3.63) is 65.4 Å². The van der Waals surface area contributed by atoms with Crippen molar-refractivity contribution < 1.29 is 18.7 Å². The smallest absolute Gasteiger partial charge is 0.338 e. The van der Waals surface area contributed by atoms with Gasteiger partial charge >= 0.3 is 12.0 Å². The summed E-state index contributed by atoms with van der Waals surface area (Å²) in [5.74, 6) is 0.121. The fourth-order valence-electron chi connectivity index (χ4n) is 3.07. The fourth-order valence-corrected chi connectivity index (χ4v) is 3.07. The average molecular weight is 350 g/mol. The van der Waals surface area contributed by atoms with Gasteiger partial charge < -0.3 is 19.4 Å². The minimum Gasteiger partial charge on any atom is -0.457 e. The summed E-state index contributed by atoms with van der Waals surface area (Å²) in [5, 5.41) is 3.75. The lowest BCUT2D eigenvalue weighted by molar-refractivity contribution is 0.0447. The van der Waals surface area contributed by atoms with E-state index in [1.165, 1.54) is 0 Å². The van der Waals surface area contributed by atoms with E-state index in [1.54, 1.807) is 24.1 Å². The second kappa shape index (κ2) is 6.22. The second-order valence-corrected chi connectivity index (χ2v) is 6.35. The summed E-state index contributed by atoms with van der Waals surface area (Å²) >= 11 is 0. The van der Waals surface area contributed by atoms with Crippen LogP contribution < -0.4 is 5.32 Å². The molecule has 1 aliphatic heterocycles. The van der Waals surface area contributed by atoms with Crippen molar-refractivity contribution in [2.75, 3.05) is 12.4 Å². The Labute approximate surface area is 150 Å². The monoisotopic (exact) mass is 350 g/mol. The van der Waals surface area contributed by atoms with Crippen LogP contribution in [0.15, 0.2) is 52.9 Å². The lowest BCUT2D eigenvalue weighted by atomic mass is 10.0. The number of fused-ring (bicyclic) bond motifs is 2. The van der Waals surface area contributed by atoms with Gasteiger partial charge in [0.1, 0.15) is 18.0 Å². The highest BCUT2D eigenvalue weighted by molar-refractivity contribution is 5.96. The van der Waals surface area contributed by atoms with Crippen molar-refractivity contribution >= 4 is 28.7 Å². The number of urea groups is 1. The van der Waals surface area contributed by atoms with Crippen molar-refractivity contribution in [3.63, 3.8) is 0 Å². The number of anilines is 1. The van der Waals surface area contributed by atoms with Gasteiger partial charge in [-0.3, -0.25) is 0 Å². The first-order chi connectivity index (χ1) is 12.5. The highest BCUT2D eigenvalue weighted by Crippen LogP contribution is 2.32. The van der Waals surface area contributed by atoms with Gasteiger partial charge in [0.05, 0.1) is 11.6 Å². The SMILES string of the molecule is CC1c2ccc(C(=O)OCc3cc4ccccc4o3)cc2NC(=O)N1C. The first kappa shape index (κ1) is 16.2. The summed E-state index contributed by atoms with van der Waals surface area (Å²) in [4.78, 5) is 25.9. The Morgan fingerprint density at radius 2 is 2.04 bits per heavy atom. The van der Waals surface area contributed by atoms with Crippen LogP contribution in [0.3, 0.4) is 0 Å². The highest BCUT2D eigenvalue weighted by Gasteiger charge is 2.27. The number of para-hydroxylation sites is 1. The summed E-state index contributed by atoms with van der Waals surface area (Å²) in [6, 6.07) is 14.4. The molecule has 6 heteroatoms. The van der Waals surface area contributed by atoms with E-state index in [-0.39, 0.29) is 18.7 Å². The van der Waals surface area contributed by atoms with Crippen LogP contribution in [0.2, 0.25) is 0 Å². The first-order valence-corrected chi connectivity index (χ1v) is 8.35. The van der Waals surface area contributed by atoms with Crippen LogP contribution in [0.25, 0.3) is 11.0 Å². The molecule has 4 rings (SSSR count). The zero-order chi connectivity index (χ0) is 18.3. The number of hydrogen-bond acceptors (Lipinski definition) is 4. The summed E-state index contributed by atoms with van der Waals surface area (Å²) in [6.45, 7) is 1.99. The summed E-state index contributed by atoms with van der Waals surface area (Å²) in [6.07, 6.45) is 0. The number of carbonyl (C=O) groups excluding carboxylic acids is 2. The normalized spacial score (nSPS) is 16.3. The van der Waals surface area contributed by atoms with Crippen molar-refractivity contribution in [2.24, 2.45) is 0 Å². The third-order valence-electron chi connectivity index (χ3n) is 4.70. The summed E-state index contributed by atoms with van der Waals surface area (Å²) in [5.41, 5.74) is 2.74. The molecule has 0 radical (unpaired) electrons. The van der Waals surface area contributed by atoms with Gasteiger partial charge in [0.2, 0.25) is 0 Å². The third kappa shape index (κ3) is 2.79. The van der Waals surface area contributed by atoms with Gasteiger partial charge in [-0.2, -0.15) is 0 Å². The van der Waals surface area contributed by atoms with Crippen molar-refractivity contribution in [1.29, 1.82) is 0 Å². The summed E-state index contributed by atoms with van der Waals surface area (Å²) < 4.78 is 11.0. The molecule has 1 N–H and O–H groups in total. The van der Waals surface area contributed by atoms with E-state index in [0.717, 1.165) is 16.5 Å². The fraction of sp³-hybridized carbons (Fsp3) is 0.200. The molecule has 132 valence electrons. The Morgan fingerprint density at radius 1 is 1.23 bits per heavy atom. The minimum atomic E-state index is -0.464. The molecule has 1 unspecified atom stereocenters. The molecule has 2 aromatic carbocycles. The maximum atomic E-state index is 12.4. The van der Waals surface area contributed by atoms with E-state index >= 15 is 0 Å². The van der Waals surface area contributed by atoms with Crippen LogP contribution in [-0.2, 0) is 11.3 Å². The predicted octanol–water partition coefficient (Wildman–Crippen LogP) is 4.33. The zero-order valence-corrected chi connectivity index (χ0v) is 14.5. The summed E-state index contributed by atoms with van der Waals surface area (Å²) in [7, 11) is 1.73. The van der Waals surface area contributed by atoms with Gasteiger partial charge in [0.15, 0.2) is 0 Å². The number of amides is 2. The van der Waals surface area contributed by atoms with Crippen LogP contribution in [0, 0.1) is 0 Å². The number of carbonyl (C=O) groups is 2. The Kier molecular flexibility index (Phi) is 3.88. The molecule has 0 spiro atoms. The van der Waals surface area contributed by atoms with Crippen molar-refractivity contribution in [2.45, 2.75) is 19.6 Å². The standard InChI is InChI=1S/C20H18N2O4/c1-12-16-8-7-14(10-17(16)21-20(24)22(12)2)19(23)25-11-15-9-13-5-3-4-6-18(13)26-15/h3-10,12H,11H2,1-2H3,(H,21,24). The Balaban J connectivity index is 1.50. The van der Waals surface area contributed by atoms with E-state index in [2.05, 4.69) is 5.32 Å². The number of benzene rings is 2. The average Bonchev–Trinajstić information content (AvgIpc) is 3.07. The predicted molar refractivity (Wildman–Crippen MR) is 97.0 cm³/mol. The van der Waals surface area contributed by atoms with E-state index in [9.17, 15) is 9.59 Å². The molecule has 2 heterocycles. The van der Waals surface area contributed by atoms with E-state index < -0.39 is 5.97 Å². The lowest BCUT2D eigenvalue weighted by Crippen LogP contribution is -2.38. The highest BCUT2D eigenvalue weighted by atomic mass is 16.5. The van der Waals surface area contributed by atoms with Crippen LogP contribution in [-0.4, -0.2) is 23.9 Å². The maximum absolute atomic E-state index is 12.4. The number of rotatable bonds is 3. The molecule has 0 bridgehead atoms. The van der Waals surface area contributed by atoms with E-state index in [1.807, 2.05) is 43.3 Å². The topological polar surface area (TPSA) is 71.8 Å². The van der Waals surface area contributed by atoms with Gasteiger partial charge in [0, 0.05) is 18.1 Å². The number of furan rings is 1. The molecule has 1 aromatic heterocycles. The molecule has 3 aromatic rings. The molecule has 0 saturated carbocycles. The molecule has 0 aliphatic carbocycles. The minimum absolute atomic E-state index is 0.0517. The van der Waals surface area contributed by atoms with Crippen LogP contribution in [0.5, 0.6) is 0 Å². The molecule has 6 nitrogen and oxygen atoms in total. The molecule has 1 atom stereocenters. The van der Waals surface area contributed by atoms with E-state index in [0.29, 0.717) is 17.0 Å². The molecule has 2 amide bonds. The molecule has 1 aliphatic rings. The van der Waals surface area contributed by atoms with Crippen LogP contribution in [0.1, 0.15) is 34.6 Å². The van der Waals surface area contributed by atoms with Gasteiger partial charge in [-0.05, 0) is 36.8 Å². The Morgan fingerprint density at radius 3 is 2.85 bits per heavy atom. The first-order valence-electron chi connectivity index (χ1n) is 8.35. The molecular weight excluding hydrogens is 332 g/mol. The van der Waals surface area contributed by atoms with Crippen molar-refractivity contribution in [1.82, 2.24) is 4.90 Å². The zero-order valence-electron chi connectivity index (χ0n) is 14.5. The largest absolute Gasteiger partial charge is 0.457 e. The molecule has 26 heavy (non-hydrogen) atoms. The van der Waals surface area contributed by atoms with Gasteiger partial charge in [-0.15, -0.1) is 0 Å². The van der Waals surface area contributed by atoms with E-state index in [4.69, 9.17) is 9.15 Å². The number of esters is 1. The quantitative estimate of drug-likeness (QED) is 0.714. The Hall–Kier alpha value is -3.28. The molecule has 0 fully saturated rings. The number of nitrogens with zero attached hydrogens (tertiary/aromatic N) is 1. The Bertz CT molecular complexity index is 975. The second-order valence-electron chi connectivity index (χ2n) is 6.35. The van der Waals surface area contributed by atoms with Crippen molar-refractivity contribution in [3.8, 4) is 0 Å². The van der Waals surface area contributed by atoms with Crippen LogP contribution >= 0.6 is 0 Å². The lowest BCUT2D eigenvalue weighted by Gasteiger charge is -2.32. The number of hydrogen-bond donors (Lipinski definition) is 1. The van der Waals surface area contributed by atoms with Gasteiger partial charge in [0.25, 0.3) is 0 Å².